The van der Waals surface area contributed by atoms with Crippen LogP contribution in [0.25, 0.3) is 11.4 Å². The van der Waals surface area contributed by atoms with E-state index in [9.17, 15) is 9.59 Å². The number of likely N-dealkylation sites (tertiary alicyclic amines) is 1. The lowest BCUT2D eigenvalue weighted by Gasteiger charge is -2.23. The summed E-state index contributed by atoms with van der Waals surface area (Å²) in [6.45, 7) is 9.35. The average molecular weight is 460 g/mol. The second-order valence-corrected chi connectivity index (χ2v) is 7.77. The molecule has 10 nitrogen and oxygen atoms in total. The molecule has 1 aliphatic heterocycles. The van der Waals surface area contributed by atoms with Crippen molar-refractivity contribution in [2.24, 2.45) is 0 Å². The molecule has 0 unspecified atom stereocenters. The highest BCUT2D eigenvalue weighted by atomic mass is 16.5. The van der Waals surface area contributed by atoms with Gasteiger partial charge in [-0.2, -0.15) is 0 Å². The van der Waals surface area contributed by atoms with Gasteiger partial charge < -0.3 is 24.4 Å². The van der Waals surface area contributed by atoms with Crippen LogP contribution in [0.2, 0.25) is 0 Å². The summed E-state index contributed by atoms with van der Waals surface area (Å²) in [6, 6.07) is 3.38. The lowest BCUT2D eigenvalue weighted by atomic mass is 10.1. The summed E-state index contributed by atoms with van der Waals surface area (Å²) in [4.78, 5) is 36.5. The van der Waals surface area contributed by atoms with Crippen LogP contribution in [0.1, 0.15) is 32.2 Å². The SMILES string of the molecule is CCO[C@H]1CN(C(=O)OC)C[C@H]1Nc1c(CC)nc(-c2ccc(OC)nc2C)n(CC)c1=O. The van der Waals surface area contributed by atoms with Crippen LogP contribution in [0, 0.1) is 6.92 Å². The molecule has 1 N–H and O–H groups in total. The molecule has 0 aliphatic carbocycles. The Morgan fingerprint density at radius 2 is 1.94 bits per heavy atom. The minimum absolute atomic E-state index is 0.165. The molecular formula is C23H33N5O5. The van der Waals surface area contributed by atoms with Crippen molar-refractivity contribution in [2.45, 2.75) is 52.8 Å². The van der Waals surface area contributed by atoms with Gasteiger partial charge in [-0.05, 0) is 33.3 Å². The molecule has 0 aromatic carbocycles. The quantitative estimate of drug-likeness (QED) is 0.642. The van der Waals surface area contributed by atoms with Crippen molar-refractivity contribution in [3.63, 3.8) is 0 Å². The summed E-state index contributed by atoms with van der Waals surface area (Å²) >= 11 is 0. The Kier molecular flexibility index (Phi) is 7.91. The number of carbonyl (C=O) groups is 1. The maximum atomic E-state index is 13.6. The molecule has 3 heterocycles. The van der Waals surface area contributed by atoms with E-state index >= 15 is 0 Å². The van der Waals surface area contributed by atoms with Gasteiger partial charge in [-0.15, -0.1) is 0 Å². The van der Waals surface area contributed by atoms with Gasteiger partial charge in [-0.1, -0.05) is 6.92 Å². The first-order valence-corrected chi connectivity index (χ1v) is 11.2. The number of aromatic nitrogens is 3. The van der Waals surface area contributed by atoms with Crippen molar-refractivity contribution in [2.75, 3.05) is 39.2 Å². The van der Waals surface area contributed by atoms with Gasteiger partial charge in [0.1, 0.15) is 11.5 Å². The Balaban J connectivity index is 2.03. The molecule has 1 fully saturated rings. The number of nitrogens with one attached hydrogen (secondary N) is 1. The van der Waals surface area contributed by atoms with Crippen LogP contribution in [0.3, 0.4) is 0 Å². The minimum atomic E-state index is -0.415. The number of ether oxygens (including phenoxy) is 3. The van der Waals surface area contributed by atoms with Gasteiger partial charge in [0.15, 0.2) is 0 Å². The fourth-order valence-electron chi connectivity index (χ4n) is 4.15. The van der Waals surface area contributed by atoms with Gasteiger partial charge >= 0.3 is 6.09 Å². The predicted octanol–water partition coefficient (Wildman–Crippen LogP) is 2.47. The number of methoxy groups -OCH3 is 2. The predicted molar refractivity (Wildman–Crippen MR) is 125 cm³/mol. The van der Waals surface area contributed by atoms with Crippen LogP contribution in [-0.4, -0.2) is 71.6 Å². The highest BCUT2D eigenvalue weighted by molar-refractivity contribution is 5.68. The van der Waals surface area contributed by atoms with E-state index in [0.717, 1.165) is 11.3 Å². The Morgan fingerprint density at radius 1 is 1.18 bits per heavy atom. The van der Waals surface area contributed by atoms with E-state index < -0.39 is 6.09 Å². The molecule has 1 amide bonds. The van der Waals surface area contributed by atoms with Crippen LogP contribution in [-0.2, 0) is 22.4 Å². The third kappa shape index (κ3) is 4.95. The van der Waals surface area contributed by atoms with Crippen molar-refractivity contribution in [1.29, 1.82) is 0 Å². The second kappa shape index (κ2) is 10.7. The number of anilines is 1. The van der Waals surface area contributed by atoms with E-state index in [0.29, 0.717) is 55.7 Å². The number of carbonyl (C=O) groups excluding carboxylic acids is 1. The smallest absolute Gasteiger partial charge is 0.409 e. The van der Waals surface area contributed by atoms with E-state index in [1.807, 2.05) is 33.8 Å². The highest BCUT2D eigenvalue weighted by Gasteiger charge is 2.37. The molecule has 0 spiro atoms. The summed E-state index contributed by atoms with van der Waals surface area (Å²) in [6.07, 6.45) is -0.118. The average Bonchev–Trinajstić information content (AvgIpc) is 3.22. The number of amides is 1. The molecule has 2 aromatic rings. The zero-order valence-corrected chi connectivity index (χ0v) is 20.2. The Morgan fingerprint density at radius 3 is 2.52 bits per heavy atom. The summed E-state index contributed by atoms with van der Waals surface area (Å²) in [5, 5.41) is 3.35. The van der Waals surface area contributed by atoms with Gasteiger partial charge in [0.2, 0.25) is 5.88 Å². The Bertz CT molecular complexity index is 1050. The van der Waals surface area contributed by atoms with Crippen LogP contribution in [0.4, 0.5) is 10.5 Å². The molecule has 180 valence electrons. The summed E-state index contributed by atoms with van der Waals surface area (Å²) in [7, 11) is 2.92. The molecule has 2 aromatic heterocycles. The third-order valence-electron chi connectivity index (χ3n) is 5.82. The fraction of sp³-hybridized carbons (Fsp3) is 0.565. The molecule has 1 aliphatic rings. The third-order valence-corrected chi connectivity index (χ3v) is 5.82. The molecule has 2 atom stereocenters. The van der Waals surface area contributed by atoms with Gasteiger partial charge in [-0.3, -0.25) is 9.36 Å². The maximum Gasteiger partial charge on any atom is 0.409 e. The van der Waals surface area contributed by atoms with E-state index in [4.69, 9.17) is 19.2 Å². The molecule has 1 saturated heterocycles. The monoisotopic (exact) mass is 459 g/mol. The topological polar surface area (TPSA) is 108 Å². The first kappa shape index (κ1) is 24.5. The Hall–Kier alpha value is -3.14. The van der Waals surface area contributed by atoms with Gasteiger partial charge in [0, 0.05) is 31.3 Å². The number of hydrogen-bond acceptors (Lipinski definition) is 8. The summed E-state index contributed by atoms with van der Waals surface area (Å²) in [5.74, 6) is 1.08. The lowest BCUT2D eigenvalue weighted by Crippen LogP contribution is -2.38. The van der Waals surface area contributed by atoms with Crippen LogP contribution in [0.15, 0.2) is 16.9 Å². The number of aryl methyl sites for hydroxylation is 2. The molecule has 0 bridgehead atoms. The molecule has 10 heteroatoms. The number of pyridine rings is 1. The van der Waals surface area contributed by atoms with E-state index in [1.54, 1.807) is 22.6 Å². The maximum absolute atomic E-state index is 13.6. The van der Waals surface area contributed by atoms with Crippen LogP contribution < -0.4 is 15.6 Å². The van der Waals surface area contributed by atoms with E-state index in [-0.39, 0.29) is 17.7 Å². The molecule has 0 saturated carbocycles. The zero-order valence-electron chi connectivity index (χ0n) is 20.2. The zero-order chi connectivity index (χ0) is 24.1. The fourth-order valence-corrected chi connectivity index (χ4v) is 4.15. The number of nitrogens with zero attached hydrogens (tertiary/aromatic N) is 4. The Labute approximate surface area is 193 Å². The molecule has 0 radical (unpaired) electrons. The van der Waals surface area contributed by atoms with Crippen molar-refractivity contribution >= 4 is 11.8 Å². The van der Waals surface area contributed by atoms with Crippen LogP contribution >= 0.6 is 0 Å². The van der Waals surface area contributed by atoms with Crippen molar-refractivity contribution in [3.8, 4) is 17.3 Å². The largest absolute Gasteiger partial charge is 0.481 e. The van der Waals surface area contributed by atoms with Crippen molar-refractivity contribution in [3.05, 3.63) is 33.9 Å². The first-order chi connectivity index (χ1) is 15.9. The summed E-state index contributed by atoms with van der Waals surface area (Å²) in [5.41, 5.74) is 2.43. The van der Waals surface area contributed by atoms with E-state index in [2.05, 4.69) is 10.3 Å². The highest BCUT2D eigenvalue weighted by Crippen LogP contribution is 2.26. The van der Waals surface area contributed by atoms with Crippen molar-refractivity contribution in [1.82, 2.24) is 19.4 Å². The standard InChI is InChI=1S/C23H33N5O5/c1-7-16-20(25-17-12-27(23(30)32-6)13-18(17)33-9-3)22(29)28(8-2)21(26-16)15-10-11-19(31-5)24-14(15)4/h10-11,17-18,25H,7-9,12-13H2,1-6H3/t17-,18+/m1/s1. The summed E-state index contributed by atoms with van der Waals surface area (Å²) < 4.78 is 17.6. The number of hydrogen-bond donors (Lipinski definition) is 1. The van der Waals surface area contributed by atoms with Crippen LogP contribution in [0.5, 0.6) is 5.88 Å². The van der Waals surface area contributed by atoms with Gasteiger partial charge in [-0.25, -0.2) is 14.8 Å². The lowest BCUT2D eigenvalue weighted by molar-refractivity contribution is 0.0614. The first-order valence-electron chi connectivity index (χ1n) is 11.2. The van der Waals surface area contributed by atoms with Gasteiger partial charge in [0.05, 0.1) is 44.3 Å². The molecular weight excluding hydrogens is 426 g/mol. The normalized spacial score (nSPS) is 17.8. The molecule has 3 rings (SSSR count). The van der Waals surface area contributed by atoms with E-state index in [1.165, 1.54) is 7.11 Å². The minimum Gasteiger partial charge on any atom is -0.481 e. The second-order valence-electron chi connectivity index (χ2n) is 7.77. The van der Waals surface area contributed by atoms with Gasteiger partial charge in [0.25, 0.3) is 5.56 Å². The van der Waals surface area contributed by atoms with Crippen molar-refractivity contribution < 1.29 is 19.0 Å². The number of rotatable bonds is 8. The molecule has 33 heavy (non-hydrogen) atoms.